The van der Waals surface area contributed by atoms with E-state index in [2.05, 4.69) is 13.0 Å². The second-order valence-corrected chi connectivity index (χ2v) is 4.57. The molecule has 0 spiro atoms. The molecule has 1 aromatic rings. The summed E-state index contributed by atoms with van der Waals surface area (Å²) in [4.78, 5) is 0. The third-order valence-corrected chi connectivity index (χ3v) is 3.29. The van der Waals surface area contributed by atoms with Crippen molar-refractivity contribution < 1.29 is 5.11 Å². The number of rotatable bonds is 1. The molecule has 0 heterocycles. The molecule has 1 aromatic carbocycles. The van der Waals surface area contributed by atoms with E-state index >= 15 is 0 Å². The number of hydrogen-bond acceptors (Lipinski definition) is 2. The Morgan fingerprint density at radius 3 is 2.53 bits per heavy atom. The van der Waals surface area contributed by atoms with E-state index in [0.29, 0.717) is 11.5 Å². The zero-order valence-electron chi connectivity index (χ0n) is 8.90. The Balaban J connectivity index is 2.26. The Morgan fingerprint density at radius 1 is 1.40 bits per heavy atom. The van der Waals surface area contributed by atoms with E-state index in [1.54, 1.807) is 12.1 Å². The zero-order chi connectivity index (χ0) is 10.9. The number of nitriles is 1. The third-order valence-electron chi connectivity index (χ3n) is 3.29. The Hall–Kier alpha value is -1.33. The van der Waals surface area contributed by atoms with E-state index in [1.807, 2.05) is 12.1 Å². The molecule has 0 bridgehead atoms. The Kier molecular flexibility index (Phi) is 2.50. The Bertz CT molecular complexity index is 390. The lowest BCUT2D eigenvalue weighted by atomic mass is 9.91. The van der Waals surface area contributed by atoms with E-state index in [-0.39, 0.29) is 0 Å². The van der Waals surface area contributed by atoms with Crippen LogP contribution in [-0.2, 0) is 5.60 Å². The Labute approximate surface area is 90.2 Å². The molecule has 0 unspecified atom stereocenters. The van der Waals surface area contributed by atoms with E-state index in [0.717, 1.165) is 24.8 Å². The molecule has 1 aliphatic rings. The smallest absolute Gasteiger partial charge is 0.0991 e. The normalized spacial score (nSPS) is 30.1. The van der Waals surface area contributed by atoms with Crippen LogP contribution in [-0.4, -0.2) is 5.11 Å². The molecule has 0 aromatic heterocycles. The minimum absolute atomic E-state index is 0.589. The van der Waals surface area contributed by atoms with Crippen LogP contribution in [0.4, 0.5) is 0 Å². The molecule has 2 heteroatoms. The molecular formula is C13H15NO. The number of aliphatic hydroxyl groups is 1. The van der Waals surface area contributed by atoms with E-state index in [1.165, 1.54) is 0 Å². The summed E-state index contributed by atoms with van der Waals surface area (Å²) in [6, 6.07) is 9.38. The van der Waals surface area contributed by atoms with Gasteiger partial charge in [-0.15, -0.1) is 0 Å². The molecule has 0 radical (unpaired) electrons. The van der Waals surface area contributed by atoms with Crippen molar-refractivity contribution in [3.8, 4) is 6.07 Å². The molecule has 78 valence electrons. The average molecular weight is 201 g/mol. The number of hydrogen-bond donors (Lipinski definition) is 1. The molecule has 1 fully saturated rings. The predicted octanol–water partition coefficient (Wildman–Crippen LogP) is 2.57. The highest BCUT2D eigenvalue weighted by atomic mass is 16.3. The minimum atomic E-state index is -0.659. The lowest BCUT2D eigenvalue weighted by Crippen LogP contribution is -2.21. The molecule has 1 saturated carbocycles. The van der Waals surface area contributed by atoms with Gasteiger partial charge in [0.25, 0.3) is 0 Å². The highest BCUT2D eigenvalue weighted by Crippen LogP contribution is 2.41. The maximum atomic E-state index is 10.4. The predicted molar refractivity (Wildman–Crippen MR) is 58.1 cm³/mol. The molecule has 1 aliphatic carbocycles. The van der Waals surface area contributed by atoms with E-state index < -0.39 is 5.60 Å². The van der Waals surface area contributed by atoms with Crippen LogP contribution in [0, 0.1) is 17.2 Å². The lowest BCUT2D eigenvalue weighted by molar-refractivity contribution is 0.0408. The third kappa shape index (κ3) is 1.88. The van der Waals surface area contributed by atoms with Gasteiger partial charge < -0.3 is 5.11 Å². The molecule has 0 amide bonds. The van der Waals surface area contributed by atoms with Crippen LogP contribution in [0.3, 0.4) is 0 Å². The van der Waals surface area contributed by atoms with Gasteiger partial charge in [0, 0.05) is 0 Å². The van der Waals surface area contributed by atoms with Gasteiger partial charge in [0.2, 0.25) is 0 Å². The monoisotopic (exact) mass is 201 g/mol. The van der Waals surface area contributed by atoms with Crippen molar-refractivity contribution in [2.45, 2.75) is 31.8 Å². The summed E-state index contributed by atoms with van der Waals surface area (Å²) < 4.78 is 0. The molecule has 1 N–H and O–H groups in total. The summed E-state index contributed by atoms with van der Waals surface area (Å²) >= 11 is 0. The van der Waals surface area contributed by atoms with Crippen LogP contribution in [0.5, 0.6) is 0 Å². The SMILES string of the molecule is C[C@H]1CC[C@@](O)(c2ccc(C#N)cc2)C1. The Morgan fingerprint density at radius 2 is 2.07 bits per heavy atom. The lowest BCUT2D eigenvalue weighted by Gasteiger charge is -2.23. The molecule has 15 heavy (non-hydrogen) atoms. The highest BCUT2D eigenvalue weighted by molar-refractivity contribution is 5.34. The summed E-state index contributed by atoms with van der Waals surface area (Å²) in [6.07, 6.45) is 2.75. The summed E-state index contributed by atoms with van der Waals surface area (Å²) in [5.41, 5.74) is 0.937. The van der Waals surface area contributed by atoms with Crippen molar-refractivity contribution in [2.24, 2.45) is 5.92 Å². The number of nitrogens with zero attached hydrogens (tertiary/aromatic N) is 1. The van der Waals surface area contributed by atoms with Crippen LogP contribution < -0.4 is 0 Å². The van der Waals surface area contributed by atoms with Crippen molar-refractivity contribution >= 4 is 0 Å². The zero-order valence-corrected chi connectivity index (χ0v) is 8.90. The van der Waals surface area contributed by atoms with Crippen LogP contribution >= 0.6 is 0 Å². The van der Waals surface area contributed by atoms with Crippen molar-refractivity contribution in [1.82, 2.24) is 0 Å². The fraction of sp³-hybridized carbons (Fsp3) is 0.462. The maximum Gasteiger partial charge on any atom is 0.0991 e. The number of benzene rings is 1. The topological polar surface area (TPSA) is 44.0 Å². The quantitative estimate of drug-likeness (QED) is 0.758. The second kappa shape index (κ2) is 3.67. The van der Waals surface area contributed by atoms with E-state index in [4.69, 9.17) is 5.26 Å². The first-order valence-corrected chi connectivity index (χ1v) is 5.37. The van der Waals surface area contributed by atoms with Crippen molar-refractivity contribution in [2.75, 3.05) is 0 Å². The summed E-state index contributed by atoms with van der Waals surface area (Å²) in [7, 11) is 0. The highest BCUT2D eigenvalue weighted by Gasteiger charge is 2.36. The van der Waals surface area contributed by atoms with Crippen molar-refractivity contribution in [3.63, 3.8) is 0 Å². The first kappa shape index (κ1) is 10.2. The maximum absolute atomic E-state index is 10.4. The first-order valence-electron chi connectivity index (χ1n) is 5.37. The molecule has 2 rings (SSSR count). The van der Waals surface area contributed by atoms with Crippen LogP contribution in [0.2, 0.25) is 0 Å². The van der Waals surface area contributed by atoms with Crippen molar-refractivity contribution in [1.29, 1.82) is 5.26 Å². The molecule has 2 nitrogen and oxygen atoms in total. The van der Waals surface area contributed by atoms with Gasteiger partial charge in [0.1, 0.15) is 0 Å². The van der Waals surface area contributed by atoms with Gasteiger partial charge in [-0.3, -0.25) is 0 Å². The average Bonchev–Trinajstić information content (AvgIpc) is 2.60. The fourth-order valence-corrected chi connectivity index (χ4v) is 2.38. The summed E-state index contributed by atoms with van der Waals surface area (Å²) in [6.45, 7) is 2.17. The fourth-order valence-electron chi connectivity index (χ4n) is 2.38. The molecule has 2 atom stereocenters. The van der Waals surface area contributed by atoms with Gasteiger partial charge >= 0.3 is 0 Å². The van der Waals surface area contributed by atoms with Gasteiger partial charge in [-0.05, 0) is 42.9 Å². The molecular weight excluding hydrogens is 186 g/mol. The summed E-state index contributed by atoms with van der Waals surface area (Å²) in [5.74, 6) is 0.589. The first-order chi connectivity index (χ1) is 7.14. The van der Waals surface area contributed by atoms with Crippen molar-refractivity contribution in [3.05, 3.63) is 35.4 Å². The molecule has 0 aliphatic heterocycles. The second-order valence-electron chi connectivity index (χ2n) is 4.57. The van der Waals surface area contributed by atoms with Gasteiger partial charge in [0.05, 0.1) is 17.2 Å². The van der Waals surface area contributed by atoms with Crippen LogP contribution in [0.1, 0.15) is 37.3 Å². The van der Waals surface area contributed by atoms with Gasteiger partial charge in [-0.1, -0.05) is 19.1 Å². The van der Waals surface area contributed by atoms with Gasteiger partial charge in [-0.25, -0.2) is 0 Å². The van der Waals surface area contributed by atoms with Gasteiger partial charge in [0.15, 0.2) is 0 Å². The largest absolute Gasteiger partial charge is 0.385 e. The van der Waals surface area contributed by atoms with Crippen LogP contribution in [0.15, 0.2) is 24.3 Å². The summed E-state index contributed by atoms with van der Waals surface area (Å²) in [5, 5.41) is 19.1. The standard InChI is InChI=1S/C13H15NO/c1-10-6-7-13(15,8-10)12-4-2-11(9-14)3-5-12/h2-5,10,15H,6-8H2,1H3/t10-,13-/m0/s1. The van der Waals surface area contributed by atoms with Gasteiger partial charge in [-0.2, -0.15) is 5.26 Å². The van der Waals surface area contributed by atoms with E-state index in [9.17, 15) is 5.11 Å². The van der Waals surface area contributed by atoms with Crippen LogP contribution in [0.25, 0.3) is 0 Å². The minimum Gasteiger partial charge on any atom is -0.385 e. The molecule has 0 saturated heterocycles.